The number of carbonyl (C=O) groups excluding carboxylic acids is 2. The fourth-order valence-corrected chi connectivity index (χ4v) is 3.58. The number of aryl methyl sites for hydroxylation is 1. The minimum Gasteiger partial charge on any atom is -0.300 e. The molecule has 5 nitrogen and oxygen atoms in total. The van der Waals surface area contributed by atoms with Crippen LogP contribution in [-0.4, -0.2) is 27.6 Å². The molecule has 7 heteroatoms. The van der Waals surface area contributed by atoms with Gasteiger partial charge in [-0.3, -0.25) is 9.59 Å². The van der Waals surface area contributed by atoms with Crippen LogP contribution in [0.25, 0.3) is 0 Å². The van der Waals surface area contributed by atoms with Crippen molar-refractivity contribution in [3.8, 4) is 0 Å². The van der Waals surface area contributed by atoms with E-state index >= 15 is 0 Å². The lowest BCUT2D eigenvalue weighted by Crippen LogP contribution is -2.19. The first-order valence-corrected chi connectivity index (χ1v) is 9.39. The van der Waals surface area contributed by atoms with E-state index in [1.165, 1.54) is 23.1 Å². The summed E-state index contributed by atoms with van der Waals surface area (Å²) in [6.07, 6.45) is 0.418. The summed E-state index contributed by atoms with van der Waals surface area (Å²) in [6.45, 7) is 8.00. The second-order valence-corrected chi connectivity index (χ2v) is 8.94. The monoisotopic (exact) mass is 363 g/mol. The van der Waals surface area contributed by atoms with Gasteiger partial charge in [-0.05, 0) is 12.3 Å². The van der Waals surface area contributed by atoms with Crippen molar-refractivity contribution in [2.75, 3.05) is 11.1 Å². The Bertz CT molecular complexity index is 718. The minimum absolute atomic E-state index is 0.0496. The first-order valence-electron chi connectivity index (χ1n) is 7.59. The largest absolute Gasteiger partial charge is 0.300 e. The van der Waals surface area contributed by atoms with E-state index < -0.39 is 0 Å². The number of Topliss-reactive ketones (excluding diaryl/α,β-unsaturated/α-hetero) is 1. The van der Waals surface area contributed by atoms with Gasteiger partial charge in [0.05, 0.1) is 5.75 Å². The number of carbonyl (C=O) groups is 2. The Kier molecular flexibility index (Phi) is 6.12. The van der Waals surface area contributed by atoms with E-state index in [-0.39, 0.29) is 17.1 Å². The summed E-state index contributed by atoms with van der Waals surface area (Å²) in [5.74, 6) is 0.271. The predicted octanol–water partition coefficient (Wildman–Crippen LogP) is 4.20. The van der Waals surface area contributed by atoms with Crippen LogP contribution in [0.2, 0.25) is 0 Å². The maximum atomic E-state index is 12.1. The van der Waals surface area contributed by atoms with Gasteiger partial charge >= 0.3 is 0 Å². The number of amides is 1. The van der Waals surface area contributed by atoms with Gasteiger partial charge in [0.1, 0.15) is 0 Å². The smallest absolute Gasteiger partial charge is 0.226 e. The zero-order chi connectivity index (χ0) is 17.7. The van der Waals surface area contributed by atoms with Gasteiger partial charge in [0, 0.05) is 12.0 Å². The molecule has 1 aromatic heterocycles. The van der Waals surface area contributed by atoms with Crippen molar-refractivity contribution in [3.05, 3.63) is 35.4 Å². The van der Waals surface area contributed by atoms with E-state index in [4.69, 9.17) is 0 Å². The molecule has 0 saturated carbocycles. The highest BCUT2D eigenvalue weighted by atomic mass is 32.2. The van der Waals surface area contributed by atoms with Crippen LogP contribution in [0, 0.1) is 12.3 Å². The topological polar surface area (TPSA) is 72.0 Å². The number of nitrogens with zero attached hydrogens (tertiary/aromatic N) is 2. The van der Waals surface area contributed by atoms with Crippen LogP contribution in [0.15, 0.2) is 28.6 Å². The van der Waals surface area contributed by atoms with E-state index in [1.54, 1.807) is 0 Å². The summed E-state index contributed by atoms with van der Waals surface area (Å²) >= 11 is 2.62. The lowest BCUT2D eigenvalue weighted by Gasteiger charge is -2.16. The number of aromatic nitrogens is 2. The molecule has 2 rings (SSSR count). The Balaban J connectivity index is 1.86. The van der Waals surface area contributed by atoms with E-state index in [1.807, 2.05) is 52.0 Å². The van der Waals surface area contributed by atoms with Gasteiger partial charge in [0.2, 0.25) is 11.0 Å². The Morgan fingerprint density at radius 2 is 1.83 bits per heavy atom. The van der Waals surface area contributed by atoms with Crippen LogP contribution in [0.3, 0.4) is 0 Å². The first-order chi connectivity index (χ1) is 11.2. The summed E-state index contributed by atoms with van der Waals surface area (Å²) in [4.78, 5) is 24.0. The van der Waals surface area contributed by atoms with E-state index in [9.17, 15) is 9.59 Å². The highest BCUT2D eigenvalue weighted by molar-refractivity contribution is 8.01. The van der Waals surface area contributed by atoms with Crippen LogP contribution in [-0.2, 0) is 4.79 Å². The molecule has 0 aliphatic heterocycles. The summed E-state index contributed by atoms with van der Waals surface area (Å²) in [5.41, 5.74) is 1.74. The average Bonchev–Trinajstić information content (AvgIpc) is 2.91. The fraction of sp³-hybridized carbons (Fsp3) is 0.412. The molecular weight excluding hydrogens is 342 g/mol. The molecule has 0 spiro atoms. The van der Waals surface area contributed by atoms with E-state index in [0.717, 1.165) is 5.56 Å². The molecule has 0 saturated heterocycles. The molecule has 1 aromatic carbocycles. The van der Waals surface area contributed by atoms with E-state index in [2.05, 4.69) is 15.5 Å². The van der Waals surface area contributed by atoms with Crippen molar-refractivity contribution in [2.45, 2.75) is 38.5 Å². The lowest BCUT2D eigenvalue weighted by molar-refractivity contribution is -0.117. The molecule has 0 fully saturated rings. The summed E-state index contributed by atoms with van der Waals surface area (Å²) in [5, 5.41) is 11.2. The SMILES string of the molecule is Cc1ccc(C(=O)CSc2nnc(NC(=O)CC(C)(C)C)s2)cc1. The Labute approximate surface area is 150 Å². The maximum absolute atomic E-state index is 12.1. The molecule has 0 aliphatic rings. The number of thioether (sulfide) groups is 1. The van der Waals surface area contributed by atoms with Crippen LogP contribution in [0.1, 0.15) is 43.1 Å². The molecule has 0 aliphatic carbocycles. The second-order valence-electron chi connectivity index (χ2n) is 6.74. The summed E-state index contributed by atoms with van der Waals surface area (Å²) in [6, 6.07) is 7.50. The number of nitrogens with one attached hydrogen (secondary N) is 1. The van der Waals surface area contributed by atoms with Crippen LogP contribution in [0.4, 0.5) is 5.13 Å². The molecule has 2 aromatic rings. The fourth-order valence-electron chi connectivity index (χ4n) is 1.91. The standard InChI is InChI=1S/C17H21N3O2S2/c1-11-5-7-12(8-6-11)13(21)10-23-16-20-19-15(24-16)18-14(22)9-17(2,3)4/h5-8H,9-10H2,1-4H3,(H,18,19,22). The average molecular weight is 364 g/mol. The predicted molar refractivity (Wildman–Crippen MR) is 98.8 cm³/mol. The second kappa shape index (κ2) is 7.90. The Morgan fingerprint density at radius 3 is 2.46 bits per heavy atom. The van der Waals surface area contributed by atoms with Crippen LogP contribution >= 0.6 is 23.1 Å². The number of ketones is 1. The Morgan fingerprint density at radius 1 is 1.17 bits per heavy atom. The van der Waals surface area contributed by atoms with E-state index in [0.29, 0.717) is 27.2 Å². The summed E-state index contributed by atoms with van der Waals surface area (Å²) in [7, 11) is 0. The third kappa shape index (κ3) is 6.05. The van der Waals surface area contributed by atoms with Gasteiger partial charge in [-0.25, -0.2) is 0 Å². The summed E-state index contributed by atoms with van der Waals surface area (Å²) < 4.78 is 0.668. The van der Waals surface area contributed by atoms with Crippen molar-refractivity contribution in [2.24, 2.45) is 5.41 Å². The van der Waals surface area contributed by atoms with Gasteiger partial charge in [-0.1, -0.05) is 73.7 Å². The molecule has 0 unspecified atom stereocenters. The van der Waals surface area contributed by atoms with Crippen LogP contribution < -0.4 is 5.32 Å². The molecular formula is C17H21N3O2S2. The number of anilines is 1. The number of hydrogen-bond acceptors (Lipinski definition) is 6. The normalized spacial score (nSPS) is 11.3. The van der Waals surface area contributed by atoms with Crippen molar-refractivity contribution in [1.82, 2.24) is 10.2 Å². The van der Waals surface area contributed by atoms with Crippen LogP contribution in [0.5, 0.6) is 0 Å². The molecule has 0 bridgehead atoms. The van der Waals surface area contributed by atoms with Crippen molar-refractivity contribution < 1.29 is 9.59 Å². The molecule has 0 radical (unpaired) electrons. The molecule has 1 heterocycles. The minimum atomic E-state index is -0.0778. The van der Waals surface area contributed by atoms with Gasteiger partial charge in [-0.2, -0.15) is 0 Å². The maximum Gasteiger partial charge on any atom is 0.226 e. The number of hydrogen-bond donors (Lipinski definition) is 1. The highest BCUT2D eigenvalue weighted by Crippen LogP contribution is 2.27. The van der Waals surface area contributed by atoms with Gasteiger partial charge in [0.15, 0.2) is 10.1 Å². The molecule has 24 heavy (non-hydrogen) atoms. The number of rotatable bonds is 6. The zero-order valence-electron chi connectivity index (χ0n) is 14.3. The quantitative estimate of drug-likeness (QED) is 0.473. The zero-order valence-corrected chi connectivity index (χ0v) is 15.9. The molecule has 1 N–H and O–H groups in total. The molecule has 128 valence electrons. The first kappa shape index (κ1) is 18.6. The Hall–Kier alpha value is -1.73. The highest BCUT2D eigenvalue weighted by Gasteiger charge is 2.17. The van der Waals surface area contributed by atoms with Gasteiger partial charge in [0.25, 0.3) is 0 Å². The number of benzene rings is 1. The molecule has 1 amide bonds. The van der Waals surface area contributed by atoms with Crippen molar-refractivity contribution in [3.63, 3.8) is 0 Å². The lowest BCUT2D eigenvalue weighted by atomic mass is 9.92. The third-order valence-corrected chi connectivity index (χ3v) is 5.02. The van der Waals surface area contributed by atoms with Crippen molar-refractivity contribution in [1.29, 1.82) is 0 Å². The van der Waals surface area contributed by atoms with Gasteiger partial charge < -0.3 is 5.32 Å². The van der Waals surface area contributed by atoms with Gasteiger partial charge in [-0.15, -0.1) is 10.2 Å². The van der Waals surface area contributed by atoms with Crippen molar-refractivity contribution >= 4 is 39.9 Å². The third-order valence-electron chi connectivity index (χ3n) is 3.04. The molecule has 0 atom stereocenters.